The Labute approximate surface area is 156 Å². The molecule has 1 heterocycles. The van der Waals surface area contributed by atoms with E-state index in [-0.39, 0.29) is 11.9 Å². The van der Waals surface area contributed by atoms with E-state index in [1.807, 2.05) is 24.3 Å². The first-order valence-electron chi connectivity index (χ1n) is 9.45. The monoisotopic (exact) mass is 361 g/mol. The lowest BCUT2D eigenvalue weighted by Gasteiger charge is -2.35. The molecule has 1 saturated heterocycles. The van der Waals surface area contributed by atoms with Crippen molar-refractivity contribution < 1.29 is 14.3 Å². The number of nitrogens with one attached hydrogen (secondary N) is 1. The van der Waals surface area contributed by atoms with Crippen LogP contribution in [0.15, 0.2) is 24.3 Å². The van der Waals surface area contributed by atoms with Crippen LogP contribution in [-0.4, -0.2) is 56.6 Å². The van der Waals surface area contributed by atoms with Crippen LogP contribution in [0.1, 0.15) is 33.1 Å². The van der Waals surface area contributed by atoms with Gasteiger partial charge in [-0.15, -0.1) is 0 Å². The minimum Gasteiger partial charge on any atom is -0.468 e. The van der Waals surface area contributed by atoms with Crippen molar-refractivity contribution in [2.75, 3.05) is 50.1 Å². The second kappa shape index (κ2) is 10.2. The Bertz CT molecular complexity index is 580. The van der Waals surface area contributed by atoms with E-state index in [1.165, 1.54) is 7.11 Å². The van der Waals surface area contributed by atoms with Crippen molar-refractivity contribution >= 4 is 23.3 Å². The van der Waals surface area contributed by atoms with Crippen LogP contribution in [0.2, 0.25) is 0 Å². The highest BCUT2D eigenvalue weighted by Crippen LogP contribution is 2.20. The van der Waals surface area contributed by atoms with Crippen LogP contribution in [-0.2, 0) is 14.3 Å². The third kappa shape index (κ3) is 6.33. The SMILES string of the molecule is CCCC(C)CC(=O)Nc1ccc(N2CCN(CC(=O)OC)CC2)cc1. The number of carbonyl (C=O) groups is 2. The number of hydrogen-bond donors (Lipinski definition) is 1. The maximum absolute atomic E-state index is 12.1. The Balaban J connectivity index is 1.80. The number of rotatable bonds is 8. The van der Waals surface area contributed by atoms with Crippen molar-refractivity contribution in [3.8, 4) is 0 Å². The lowest BCUT2D eigenvalue weighted by atomic mass is 10.0. The zero-order chi connectivity index (χ0) is 18.9. The molecule has 1 amide bonds. The van der Waals surface area contributed by atoms with Gasteiger partial charge in [-0.05, 0) is 30.2 Å². The molecular weight excluding hydrogens is 330 g/mol. The van der Waals surface area contributed by atoms with Crippen molar-refractivity contribution in [3.05, 3.63) is 24.3 Å². The van der Waals surface area contributed by atoms with E-state index in [0.29, 0.717) is 18.9 Å². The zero-order valence-corrected chi connectivity index (χ0v) is 16.2. The average Bonchev–Trinajstić information content (AvgIpc) is 2.63. The van der Waals surface area contributed by atoms with E-state index in [9.17, 15) is 9.59 Å². The Morgan fingerprint density at radius 1 is 1.15 bits per heavy atom. The van der Waals surface area contributed by atoms with Gasteiger partial charge in [-0.3, -0.25) is 14.5 Å². The van der Waals surface area contributed by atoms with Gasteiger partial charge in [-0.2, -0.15) is 0 Å². The fourth-order valence-electron chi connectivity index (χ4n) is 3.29. The molecule has 0 spiro atoms. The summed E-state index contributed by atoms with van der Waals surface area (Å²) in [6.45, 7) is 8.03. The standard InChI is InChI=1S/C20H31N3O3/c1-4-5-16(2)14-19(24)21-17-6-8-18(9-7-17)23-12-10-22(11-13-23)15-20(25)26-3/h6-9,16H,4-5,10-15H2,1-3H3,(H,21,24). The average molecular weight is 361 g/mol. The predicted octanol–water partition coefficient (Wildman–Crippen LogP) is 2.75. The molecule has 1 aromatic carbocycles. The van der Waals surface area contributed by atoms with Gasteiger partial charge in [0.2, 0.25) is 5.91 Å². The maximum Gasteiger partial charge on any atom is 0.319 e. The third-order valence-corrected chi connectivity index (χ3v) is 4.78. The van der Waals surface area contributed by atoms with Gasteiger partial charge < -0.3 is 15.0 Å². The first-order chi connectivity index (χ1) is 12.5. The van der Waals surface area contributed by atoms with Crippen molar-refractivity contribution in [1.29, 1.82) is 0 Å². The molecule has 1 unspecified atom stereocenters. The highest BCUT2D eigenvalue weighted by molar-refractivity contribution is 5.91. The second-order valence-corrected chi connectivity index (χ2v) is 7.03. The van der Waals surface area contributed by atoms with E-state index in [4.69, 9.17) is 4.74 Å². The second-order valence-electron chi connectivity index (χ2n) is 7.03. The highest BCUT2D eigenvalue weighted by atomic mass is 16.5. The van der Waals surface area contributed by atoms with Gasteiger partial charge in [0.1, 0.15) is 0 Å². The largest absolute Gasteiger partial charge is 0.468 e. The summed E-state index contributed by atoms with van der Waals surface area (Å²) >= 11 is 0. The maximum atomic E-state index is 12.1. The van der Waals surface area contributed by atoms with Gasteiger partial charge in [-0.25, -0.2) is 0 Å². The third-order valence-electron chi connectivity index (χ3n) is 4.78. The molecule has 1 aromatic rings. The smallest absolute Gasteiger partial charge is 0.319 e. The first kappa shape index (κ1) is 20.2. The molecule has 1 N–H and O–H groups in total. The predicted molar refractivity (Wildman–Crippen MR) is 104 cm³/mol. The lowest BCUT2D eigenvalue weighted by Crippen LogP contribution is -2.48. The van der Waals surface area contributed by atoms with E-state index in [0.717, 1.165) is 50.4 Å². The van der Waals surface area contributed by atoms with Gasteiger partial charge in [0.15, 0.2) is 0 Å². The minimum atomic E-state index is -0.188. The number of ether oxygens (including phenoxy) is 1. The molecule has 6 heteroatoms. The fraction of sp³-hybridized carbons (Fsp3) is 0.600. The number of amides is 1. The number of benzene rings is 1. The summed E-state index contributed by atoms with van der Waals surface area (Å²) in [5.41, 5.74) is 1.98. The molecule has 0 aliphatic carbocycles. The molecule has 0 bridgehead atoms. The number of hydrogen-bond acceptors (Lipinski definition) is 5. The normalized spacial score (nSPS) is 16.2. The van der Waals surface area contributed by atoms with Crippen molar-refractivity contribution in [2.24, 2.45) is 5.92 Å². The van der Waals surface area contributed by atoms with Crippen LogP contribution >= 0.6 is 0 Å². The molecule has 0 saturated carbocycles. The van der Waals surface area contributed by atoms with E-state index < -0.39 is 0 Å². The Hall–Kier alpha value is -2.08. The van der Waals surface area contributed by atoms with Crippen LogP contribution in [0.25, 0.3) is 0 Å². The minimum absolute atomic E-state index is 0.0788. The Kier molecular flexibility index (Phi) is 7.91. The molecule has 1 fully saturated rings. The Morgan fingerprint density at radius 3 is 2.38 bits per heavy atom. The van der Waals surface area contributed by atoms with Crippen molar-refractivity contribution in [1.82, 2.24) is 4.90 Å². The number of methoxy groups -OCH3 is 1. The molecule has 1 atom stereocenters. The zero-order valence-electron chi connectivity index (χ0n) is 16.2. The van der Waals surface area contributed by atoms with Crippen LogP contribution < -0.4 is 10.2 Å². The lowest BCUT2D eigenvalue weighted by molar-refractivity contribution is -0.142. The molecule has 0 aromatic heterocycles. The number of anilines is 2. The Morgan fingerprint density at radius 2 is 1.81 bits per heavy atom. The van der Waals surface area contributed by atoms with E-state index in [2.05, 4.69) is 29.0 Å². The molecule has 2 rings (SSSR count). The number of esters is 1. The van der Waals surface area contributed by atoms with Crippen molar-refractivity contribution in [3.63, 3.8) is 0 Å². The molecule has 1 aliphatic heterocycles. The van der Waals surface area contributed by atoms with Crippen LogP contribution in [0.3, 0.4) is 0 Å². The molecule has 0 radical (unpaired) electrons. The van der Waals surface area contributed by atoms with Crippen molar-refractivity contribution in [2.45, 2.75) is 33.1 Å². The van der Waals surface area contributed by atoms with E-state index in [1.54, 1.807) is 0 Å². The molecule has 6 nitrogen and oxygen atoms in total. The summed E-state index contributed by atoms with van der Waals surface area (Å²) in [6, 6.07) is 8.00. The van der Waals surface area contributed by atoms with Crippen LogP contribution in [0, 0.1) is 5.92 Å². The topological polar surface area (TPSA) is 61.9 Å². The highest BCUT2D eigenvalue weighted by Gasteiger charge is 2.19. The molecule has 144 valence electrons. The van der Waals surface area contributed by atoms with Gasteiger partial charge in [-0.1, -0.05) is 26.7 Å². The summed E-state index contributed by atoms with van der Waals surface area (Å²) in [6.07, 6.45) is 2.75. The summed E-state index contributed by atoms with van der Waals surface area (Å²) in [5, 5.41) is 2.98. The van der Waals surface area contributed by atoms with Gasteiger partial charge in [0.25, 0.3) is 0 Å². The molecule has 26 heavy (non-hydrogen) atoms. The van der Waals surface area contributed by atoms with Crippen LogP contribution in [0.5, 0.6) is 0 Å². The summed E-state index contributed by atoms with van der Waals surface area (Å²) < 4.78 is 4.72. The van der Waals surface area contributed by atoms with Gasteiger partial charge in [0, 0.05) is 44.0 Å². The van der Waals surface area contributed by atoms with Crippen LogP contribution in [0.4, 0.5) is 11.4 Å². The van der Waals surface area contributed by atoms with E-state index >= 15 is 0 Å². The number of carbonyl (C=O) groups excluding carboxylic acids is 2. The first-order valence-corrected chi connectivity index (χ1v) is 9.45. The van der Waals surface area contributed by atoms with Gasteiger partial charge in [0.05, 0.1) is 13.7 Å². The fourth-order valence-corrected chi connectivity index (χ4v) is 3.29. The summed E-state index contributed by atoms with van der Waals surface area (Å²) in [7, 11) is 1.42. The van der Waals surface area contributed by atoms with Gasteiger partial charge >= 0.3 is 5.97 Å². The quantitative estimate of drug-likeness (QED) is 0.722. The molecule has 1 aliphatic rings. The molecular formula is C20H31N3O3. The number of nitrogens with zero attached hydrogens (tertiary/aromatic N) is 2. The summed E-state index contributed by atoms with van der Waals surface area (Å²) in [5.74, 6) is 0.308. The summed E-state index contributed by atoms with van der Waals surface area (Å²) in [4.78, 5) is 27.8. The number of piperazine rings is 1.